The molecule has 4 nitrogen and oxygen atoms in total. The third-order valence-electron chi connectivity index (χ3n) is 3.58. The number of fused-ring (bicyclic) bond motifs is 1. The Morgan fingerprint density at radius 2 is 0.938 bits per heavy atom. The minimum absolute atomic E-state index is 0.317. The van der Waals surface area contributed by atoms with Gasteiger partial charge in [-0.15, -0.1) is 0 Å². The normalized spacial score (nSPS) is 25.0. The summed E-state index contributed by atoms with van der Waals surface area (Å²) < 4.78 is 0. The number of hydrogen-bond donors (Lipinski definition) is 0. The van der Waals surface area contributed by atoms with Crippen LogP contribution in [0.3, 0.4) is 0 Å². The van der Waals surface area contributed by atoms with Crippen LogP contribution >= 0.6 is 0 Å². The highest BCUT2D eigenvalue weighted by atomic mass is 14.9. The van der Waals surface area contributed by atoms with Gasteiger partial charge in [0.2, 0.25) is 0 Å². The van der Waals surface area contributed by atoms with Crippen LogP contribution in [0.2, 0.25) is 0 Å². The molecule has 0 spiro atoms. The van der Waals surface area contributed by atoms with Gasteiger partial charge in [0.15, 0.2) is 0 Å². The van der Waals surface area contributed by atoms with Crippen molar-refractivity contribution in [1.29, 1.82) is 0 Å². The minimum atomic E-state index is 0.317. The van der Waals surface area contributed by atoms with E-state index in [2.05, 4.69) is 19.9 Å². The van der Waals surface area contributed by atoms with E-state index in [0.29, 0.717) is 11.8 Å². The molecule has 78 valence electrons. The van der Waals surface area contributed by atoms with E-state index in [1.54, 1.807) is 24.8 Å². The lowest BCUT2D eigenvalue weighted by Crippen LogP contribution is -2.28. The highest BCUT2D eigenvalue weighted by Crippen LogP contribution is 2.49. The van der Waals surface area contributed by atoms with Gasteiger partial charge in [0, 0.05) is 36.6 Å². The average molecular weight is 210 g/mol. The Labute approximate surface area is 92.8 Å². The summed E-state index contributed by atoms with van der Waals surface area (Å²) in [6.45, 7) is 0. The third kappa shape index (κ3) is 0.894. The molecule has 0 saturated carbocycles. The van der Waals surface area contributed by atoms with Crippen molar-refractivity contribution in [2.24, 2.45) is 0 Å². The molecule has 0 atom stereocenters. The van der Waals surface area contributed by atoms with Crippen LogP contribution in [0.1, 0.15) is 47.5 Å². The second-order valence-corrected chi connectivity index (χ2v) is 4.34. The van der Waals surface area contributed by atoms with Gasteiger partial charge in [0.1, 0.15) is 0 Å². The summed E-state index contributed by atoms with van der Waals surface area (Å²) in [6.07, 6.45) is 9.35. The first-order chi connectivity index (χ1) is 7.95. The summed E-state index contributed by atoms with van der Waals surface area (Å²) in [4.78, 5) is 17.9. The molecule has 0 fully saturated rings. The van der Waals surface area contributed by atoms with E-state index in [1.807, 2.05) is 0 Å². The molecule has 0 radical (unpaired) electrons. The van der Waals surface area contributed by atoms with Gasteiger partial charge in [-0.3, -0.25) is 19.9 Å². The van der Waals surface area contributed by atoms with Gasteiger partial charge in [0.25, 0.3) is 0 Å². The molecular formula is C12H10N4. The Morgan fingerprint density at radius 3 is 1.25 bits per heavy atom. The van der Waals surface area contributed by atoms with Crippen LogP contribution in [0.25, 0.3) is 0 Å². The van der Waals surface area contributed by atoms with Crippen molar-refractivity contribution in [1.82, 2.24) is 19.9 Å². The topological polar surface area (TPSA) is 51.6 Å². The highest BCUT2D eigenvalue weighted by Gasteiger charge is 2.41. The van der Waals surface area contributed by atoms with Gasteiger partial charge in [-0.25, -0.2) is 0 Å². The second kappa shape index (κ2) is 2.84. The van der Waals surface area contributed by atoms with E-state index in [0.717, 1.165) is 35.6 Å². The van der Waals surface area contributed by atoms with Crippen molar-refractivity contribution in [3.05, 3.63) is 47.6 Å². The predicted molar refractivity (Wildman–Crippen MR) is 57.0 cm³/mol. The fourth-order valence-corrected chi connectivity index (χ4v) is 2.93. The van der Waals surface area contributed by atoms with Crippen LogP contribution in [0.15, 0.2) is 24.8 Å². The fourth-order valence-electron chi connectivity index (χ4n) is 2.93. The van der Waals surface area contributed by atoms with E-state index >= 15 is 0 Å². The molecular weight excluding hydrogens is 200 g/mol. The first-order valence-corrected chi connectivity index (χ1v) is 5.57. The SMILES string of the molecule is c1cnc2c(n1)C1CCC2c2nccnc21. The Bertz CT molecular complexity index is 469. The van der Waals surface area contributed by atoms with E-state index in [9.17, 15) is 0 Å². The lowest BCUT2D eigenvalue weighted by atomic mass is 9.71. The molecule has 2 heterocycles. The standard InChI is InChI=1S/C12H10N4/c1-2-8-11-9(13-3-5-15-11)7(1)10-12(8)16-6-4-14-10/h3-8H,1-2H2. The second-order valence-electron chi connectivity index (χ2n) is 4.34. The van der Waals surface area contributed by atoms with Crippen LogP contribution in [0.4, 0.5) is 0 Å². The van der Waals surface area contributed by atoms with Crippen molar-refractivity contribution in [2.75, 3.05) is 0 Å². The smallest absolute Gasteiger partial charge is 0.0716 e. The number of nitrogens with zero attached hydrogens (tertiary/aromatic N) is 4. The first-order valence-electron chi connectivity index (χ1n) is 5.57. The summed E-state index contributed by atoms with van der Waals surface area (Å²) in [5.41, 5.74) is 4.47. The Kier molecular flexibility index (Phi) is 1.48. The zero-order valence-corrected chi connectivity index (χ0v) is 8.67. The van der Waals surface area contributed by atoms with Crippen molar-refractivity contribution in [3.8, 4) is 0 Å². The fraction of sp³-hybridized carbons (Fsp3) is 0.333. The van der Waals surface area contributed by atoms with Crippen LogP contribution in [0.5, 0.6) is 0 Å². The van der Waals surface area contributed by atoms with E-state index in [1.165, 1.54) is 0 Å². The van der Waals surface area contributed by atoms with Gasteiger partial charge in [0.05, 0.1) is 22.8 Å². The summed E-state index contributed by atoms with van der Waals surface area (Å²) in [5, 5.41) is 0. The molecule has 0 saturated heterocycles. The maximum Gasteiger partial charge on any atom is 0.0716 e. The molecule has 16 heavy (non-hydrogen) atoms. The molecule has 0 unspecified atom stereocenters. The van der Waals surface area contributed by atoms with Gasteiger partial charge in [-0.05, 0) is 12.8 Å². The Hall–Kier alpha value is -1.84. The van der Waals surface area contributed by atoms with E-state index in [4.69, 9.17) is 0 Å². The minimum Gasteiger partial charge on any atom is -0.257 e. The number of rotatable bonds is 0. The van der Waals surface area contributed by atoms with Crippen LogP contribution < -0.4 is 0 Å². The van der Waals surface area contributed by atoms with Crippen LogP contribution in [-0.2, 0) is 0 Å². The van der Waals surface area contributed by atoms with E-state index in [-0.39, 0.29) is 0 Å². The molecule has 2 aromatic rings. The summed E-state index contributed by atoms with van der Waals surface area (Å²) in [7, 11) is 0. The summed E-state index contributed by atoms with van der Waals surface area (Å²) in [5.74, 6) is 0.634. The van der Waals surface area contributed by atoms with E-state index < -0.39 is 0 Å². The lowest BCUT2D eigenvalue weighted by Gasteiger charge is -2.36. The molecule has 0 aliphatic heterocycles. The Morgan fingerprint density at radius 1 is 0.625 bits per heavy atom. The van der Waals surface area contributed by atoms with Crippen LogP contribution in [0, 0.1) is 0 Å². The molecule has 2 aromatic heterocycles. The zero-order chi connectivity index (χ0) is 10.5. The van der Waals surface area contributed by atoms with Crippen molar-refractivity contribution < 1.29 is 0 Å². The monoisotopic (exact) mass is 210 g/mol. The quantitative estimate of drug-likeness (QED) is 0.663. The molecule has 3 aliphatic rings. The third-order valence-corrected chi connectivity index (χ3v) is 3.58. The predicted octanol–water partition coefficient (Wildman–Crippen LogP) is 1.64. The van der Waals surface area contributed by atoms with Crippen molar-refractivity contribution >= 4 is 0 Å². The molecule has 5 rings (SSSR count). The molecule has 0 N–H and O–H groups in total. The van der Waals surface area contributed by atoms with Gasteiger partial charge < -0.3 is 0 Å². The first kappa shape index (κ1) is 8.33. The van der Waals surface area contributed by atoms with Gasteiger partial charge in [-0.2, -0.15) is 0 Å². The maximum atomic E-state index is 4.47. The number of aromatic nitrogens is 4. The van der Waals surface area contributed by atoms with Crippen LogP contribution in [-0.4, -0.2) is 19.9 Å². The Balaban J connectivity index is 2.04. The maximum absolute atomic E-state index is 4.47. The average Bonchev–Trinajstić information content (AvgIpc) is 2.40. The largest absolute Gasteiger partial charge is 0.257 e. The van der Waals surface area contributed by atoms with Gasteiger partial charge in [-0.1, -0.05) is 0 Å². The lowest BCUT2D eigenvalue weighted by molar-refractivity contribution is 0.472. The summed E-state index contributed by atoms with van der Waals surface area (Å²) in [6, 6.07) is 0. The van der Waals surface area contributed by atoms with Crippen molar-refractivity contribution in [2.45, 2.75) is 24.7 Å². The van der Waals surface area contributed by atoms with Crippen molar-refractivity contribution in [3.63, 3.8) is 0 Å². The van der Waals surface area contributed by atoms with Gasteiger partial charge >= 0.3 is 0 Å². The molecule has 0 amide bonds. The molecule has 3 aliphatic carbocycles. The highest BCUT2D eigenvalue weighted by molar-refractivity contribution is 5.44. The molecule has 2 bridgehead atoms. The zero-order valence-electron chi connectivity index (χ0n) is 8.67. The number of hydrogen-bond acceptors (Lipinski definition) is 4. The molecule has 4 heteroatoms. The summed E-state index contributed by atoms with van der Waals surface area (Å²) >= 11 is 0. The molecule has 0 aromatic carbocycles.